The summed E-state index contributed by atoms with van der Waals surface area (Å²) in [5.74, 6) is 0.188. The lowest BCUT2D eigenvalue weighted by molar-refractivity contribution is -0.121. The fourth-order valence-electron chi connectivity index (χ4n) is 4.49. The number of piperidine rings is 1. The molecule has 2 aliphatic heterocycles. The van der Waals surface area contributed by atoms with Crippen LogP contribution >= 0.6 is 11.7 Å². The first-order valence-electron chi connectivity index (χ1n) is 9.51. The summed E-state index contributed by atoms with van der Waals surface area (Å²) in [6, 6.07) is 16.5. The number of benzene rings is 2. The van der Waals surface area contributed by atoms with Crippen LogP contribution in [-0.4, -0.2) is 38.2 Å². The van der Waals surface area contributed by atoms with E-state index in [-0.39, 0.29) is 17.4 Å². The predicted molar refractivity (Wildman–Crippen MR) is 107 cm³/mol. The Morgan fingerprint density at radius 1 is 1.07 bits per heavy atom. The summed E-state index contributed by atoms with van der Waals surface area (Å²) in [4.78, 5) is 15.1. The second-order valence-corrected chi connectivity index (χ2v) is 8.33. The number of nitrogens with one attached hydrogen (secondary N) is 1. The van der Waals surface area contributed by atoms with E-state index in [1.165, 1.54) is 17.3 Å². The van der Waals surface area contributed by atoms with Gasteiger partial charge in [-0.1, -0.05) is 36.4 Å². The molecule has 138 valence electrons. The van der Waals surface area contributed by atoms with Gasteiger partial charge in [0.05, 0.1) is 17.6 Å². The molecular formula is C21H22N4OS. The van der Waals surface area contributed by atoms with Crippen molar-refractivity contribution < 1.29 is 4.79 Å². The Kier molecular flexibility index (Phi) is 4.17. The molecule has 2 saturated heterocycles. The maximum atomic E-state index is 12.6. The lowest BCUT2D eigenvalue weighted by atomic mass is 9.82. The van der Waals surface area contributed by atoms with Gasteiger partial charge < -0.3 is 5.32 Å². The van der Waals surface area contributed by atoms with Crippen LogP contribution in [0, 0.1) is 0 Å². The van der Waals surface area contributed by atoms with Gasteiger partial charge in [-0.2, -0.15) is 8.75 Å². The molecule has 0 unspecified atom stereocenters. The van der Waals surface area contributed by atoms with Crippen molar-refractivity contribution in [3.05, 3.63) is 59.7 Å². The van der Waals surface area contributed by atoms with Crippen LogP contribution in [0.3, 0.4) is 0 Å². The molecule has 3 aromatic rings. The number of hydrogen-bond acceptors (Lipinski definition) is 5. The van der Waals surface area contributed by atoms with E-state index in [0.717, 1.165) is 55.5 Å². The van der Waals surface area contributed by atoms with Crippen LogP contribution in [0.25, 0.3) is 11.0 Å². The zero-order valence-electron chi connectivity index (χ0n) is 15.1. The maximum Gasteiger partial charge on any atom is 0.228 e. The SMILES string of the molecule is O=C1NC2(CCN(Cc3ccc4nsnc4c3)CC2)C[C@H]1c1ccccc1. The van der Waals surface area contributed by atoms with E-state index in [0.29, 0.717) is 0 Å². The summed E-state index contributed by atoms with van der Waals surface area (Å²) >= 11 is 1.26. The van der Waals surface area contributed by atoms with E-state index in [2.05, 4.69) is 49.3 Å². The van der Waals surface area contributed by atoms with Crippen molar-refractivity contribution in [2.75, 3.05) is 13.1 Å². The van der Waals surface area contributed by atoms with Gasteiger partial charge in [-0.3, -0.25) is 9.69 Å². The van der Waals surface area contributed by atoms with Gasteiger partial charge in [0.25, 0.3) is 0 Å². The fraction of sp³-hybridized carbons (Fsp3) is 0.381. The summed E-state index contributed by atoms with van der Waals surface area (Å²) in [7, 11) is 0. The first kappa shape index (κ1) is 16.8. The van der Waals surface area contributed by atoms with Crippen LogP contribution < -0.4 is 5.32 Å². The van der Waals surface area contributed by atoms with Crippen molar-refractivity contribution >= 4 is 28.7 Å². The minimum absolute atomic E-state index is 0.00248. The third-order valence-corrected chi connectivity index (χ3v) is 6.60. The molecule has 0 bridgehead atoms. The van der Waals surface area contributed by atoms with Crippen LogP contribution in [0.4, 0.5) is 0 Å². The number of aromatic nitrogens is 2. The van der Waals surface area contributed by atoms with Crippen LogP contribution in [-0.2, 0) is 11.3 Å². The fourth-order valence-corrected chi connectivity index (χ4v) is 5.01. The predicted octanol–water partition coefficient (Wildman–Crippen LogP) is 3.33. The van der Waals surface area contributed by atoms with E-state index in [9.17, 15) is 4.79 Å². The lowest BCUT2D eigenvalue weighted by Crippen LogP contribution is -2.50. The van der Waals surface area contributed by atoms with E-state index in [1.807, 2.05) is 18.2 Å². The van der Waals surface area contributed by atoms with E-state index in [4.69, 9.17) is 0 Å². The molecule has 27 heavy (non-hydrogen) atoms. The molecule has 1 amide bonds. The van der Waals surface area contributed by atoms with Gasteiger partial charge in [0, 0.05) is 25.2 Å². The van der Waals surface area contributed by atoms with Crippen LogP contribution in [0.2, 0.25) is 0 Å². The molecular weight excluding hydrogens is 356 g/mol. The monoisotopic (exact) mass is 378 g/mol. The minimum Gasteiger partial charge on any atom is -0.350 e. The highest BCUT2D eigenvalue weighted by atomic mass is 32.1. The highest BCUT2D eigenvalue weighted by Crippen LogP contribution is 2.39. The first-order chi connectivity index (χ1) is 13.2. The number of hydrogen-bond donors (Lipinski definition) is 1. The lowest BCUT2D eigenvalue weighted by Gasteiger charge is -2.39. The Morgan fingerprint density at radius 3 is 2.67 bits per heavy atom. The summed E-state index contributed by atoms with van der Waals surface area (Å²) < 4.78 is 8.61. The van der Waals surface area contributed by atoms with Crippen LogP contribution in [0.1, 0.15) is 36.3 Å². The van der Waals surface area contributed by atoms with E-state index < -0.39 is 0 Å². The van der Waals surface area contributed by atoms with Crippen molar-refractivity contribution in [1.82, 2.24) is 19.0 Å². The number of carbonyl (C=O) groups is 1. The third kappa shape index (κ3) is 3.24. The largest absolute Gasteiger partial charge is 0.350 e. The van der Waals surface area contributed by atoms with E-state index >= 15 is 0 Å². The zero-order valence-corrected chi connectivity index (χ0v) is 15.9. The topological polar surface area (TPSA) is 58.1 Å². The molecule has 2 fully saturated rings. The van der Waals surface area contributed by atoms with Crippen LogP contribution in [0.5, 0.6) is 0 Å². The van der Waals surface area contributed by atoms with Crippen LogP contribution in [0.15, 0.2) is 48.5 Å². The van der Waals surface area contributed by atoms with Crippen molar-refractivity contribution in [3.8, 4) is 0 Å². The normalized spacial score (nSPS) is 22.4. The van der Waals surface area contributed by atoms with Gasteiger partial charge in [-0.05, 0) is 42.5 Å². The summed E-state index contributed by atoms with van der Waals surface area (Å²) in [5, 5.41) is 3.34. The van der Waals surface area contributed by atoms with Gasteiger partial charge in [-0.25, -0.2) is 0 Å². The standard InChI is InChI=1S/C21H22N4OS/c26-20-17(16-4-2-1-3-5-16)13-21(22-20)8-10-25(11-9-21)14-15-6-7-18-19(12-15)24-27-23-18/h1-7,12,17H,8-11,13-14H2,(H,22,26)/t17-/m0/s1. The number of rotatable bonds is 3. The molecule has 2 aliphatic rings. The molecule has 0 radical (unpaired) electrons. The maximum absolute atomic E-state index is 12.6. The Labute approximate surface area is 162 Å². The van der Waals surface area contributed by atoms with Crippen molar-refractivity contribution in [3.63, 3.8) is 0 Å². The summed E-state index contributed by atoms with van der Waals surface area (Å²) in [6.07, 6.45) is 2.95. The molecule has 2 aromatic carbocycles. The molecule has 5 nitrogen and oxygen atoms in total. The molecule has 1 atom stereocenters. The molecule has 6 heteroatoms. The summed E-state index contributed by atoms with van der Waals surface area (Å²) in [5.41, 5.74) is 4.35. The van der Waals surface area contributed by atoms with Crippen molar-refractivity contribution in [2.24, 2.45) is 0 Å². The number of nitrogens with zero attached hydrogens (tertiary/aromatic N) is 3. The number of amides is 1. The highest BCUT2D eigenvalue weighted by molar-refractivity contribution is 7.00. The van der Waals surface area contributed by atoms with Gasteiger partial charge >= 0.3 is 0 Å². The smallest absolute Gasteiger partial charge is 0.228 e. The molecule has 5 rings (SSSR count). The second-order valence-electron chi connectivity index (χ2n) is 7.80. The average molecular weight is 379 g/mol. The second kappa shape index (κ2) is 6.69. The van der Waals surface area contributed by atoms with Crippen molar-refractivity contribution in [2.45, 2.75) is 37.3 Å². The Bertz CT molecular complexity index is 962. The van der Waals surface area contributed by atoms with Gasteiger partial charge in [-0.15, -0.1) is 0 Å². The van der Waals surface area contributed by atoms with Gasteiger partial charge in [0.2, 0.25) is 5.91 Å². The van der Waals surface area contributed by atoms with Gasteiger partial charge in [0.1, 0.15) is 11.0 Å². The highest BCUT2D eigenvalue weighted by Gasteiger charge is 2.45. The summed E-state index contributed by atoms with van der Waals surface area (Å²) in [6.45, 7) is 2.95. The zero-order chi connectivity index (χ0) is 18.3. The Balaban J connectivity index is 1.24. The number of fused-ring (bicyclic) bond motifs is 1. The third-order valence-electron chi connectivity index (χ3n) is 6.04. The number of likely N-dealkylation sites (tertiary alicyclic amines) is 1. The number of carbonyl (C=O) groups excluding carboxylic acids is 1. The molecule has 3 heterocycles. The molecule has 1 N–H and O–H groups in total. The minimum atomic E-state index is -0.0309. The molecule has 0 aliphatic carbocycles. The quantitative estimate of drug-likeness (QED) is 0.760. The Morgan fingerprint density at radius 2 is 1.85 bits per heavy atom. The average Bonchev–Trinajstić information content (AvgIpc) is 3.29. The molecule has 0 saturated carbocycles. The van der Waals surface area contributed by atoms with Gasteiger partial charge in [0.15, 0.2) is 0 Å². The van der Waals surface area contributed by atoms with E-state index in [1.54, 1.807) is 0 Å². The molecule has 1 spiro atoms. The van der Waals surface area contributed by atoms with Crippen molar-refractivity contribution in [1.29, 1.82) is 0 Å². The first-order valence-corrected chi connectivity index (χ1v) is 10.2. The molecule has 1 aromatic heterocycles. The Hall–Kier alpha value is -2.31.